The number of methoxy groups -OCH3 is 1. The lowest BCUT2D eigenvalue weighted by atomic mass is 10.2. The van der Waals surface area contributed by atoms with E-state index in [2.05, 4.69) is 20.6 Å². The Bertz CT molecular complexity index is 979. The Morgan fingerprint density at radius 3 is 2.85 bits per heavy atom. The molecule has 0 spiro atoms. The molecular formula is C19H18ClFN4O2. The van der Waals surface area contributed by atoms with Gasteiger partial charge in [-0.3, -0.25) is 0 Å². The van der Waals surface area contributed by atoms with Gasteiger partial charge in [0.1, 0.15) is 24.1 Å². The first-order valence-corrected chi connectivity index (χ1v) is 8.94. The van der Waals surface area contributed by atoms with Crippen LogP contribution in [0, 0.1) is 5.82 Å². The number of hydrogen-bond donors (Lipinski definition) is 2. The van der Waals surface area contributed by atoms with Crippen molar-refractivity contribution in [2.75, 3.05) is 25.5 Å². The van der Waals surface area contributed by atoms with E-state index in [4.69, 9.17) is 21.1 Å². The van der Waals surface area contributed by atoms with Gasteiger partial charge in [0.2, 0.25) is 0 Å². The molecule has 0 bridgehead atoms. The van der Waals surface area contributed by atoms with E-state index in [0.717, 1.165) is 24.9 Å². The van der Waals surface area contributed by atoms with Crippen molar-refractivity contribution in [2.45, 2.75) is 12.5 Å². The predicted octanol–water partition coefficient (Wildman–Crippen LogP) is 3.92. The van der Waals surface area contributed by atoms with Crippen LogP contribution >= 0.6 is 11.6 Å². The van der Waals surface area contributed by atoms with Gasteiger partial charge in [-0.1, -0.05) is 11.6 Å². The zero-order valence-corrected chi connectivity index (χ0v) is 15.4. The Balaban J connectivity index is 1.72. The summed E-state index contributed by atoms with van der Waals surface area (Å²) in [6, 6.07) is 8.09. The molecule has 27 heavy (non-hydrogen) atoms. The fraction of sp³-hybridized carbons (Fsp3) is 0.263. The van der Waals surface area contributed by atoms with E-state index >= 15 is 0 Å². The average molecular weight is 389 g/mol. The van der Waals surface area contributed by atoms with Crippen LogP contribution in [0.25, 0.3) is 10.9 Å². The third kappa shape index (κ3) is 3.74. The Kier molecular flexibility index (Phi) is 4.96. The zero-order chi connectivity index (χ0) is 18.8. The van der Waals surface area contributed by atoms with Gasteiger partial charge in [0.15, 0.2) is 11.5 Å². The fourth-order valence-electron chi connectivity index (χ4n) is 3.03. The monoisotopic (exact) mass is 388 g/mol. The van der Waals surface area contributed by atoms with Crippen molar-refractivity contribution >= 4 is 34.0 Å². The van der Waals surface area contributed by atoms with Crippen molar-refractivity contribution in [3.05, 3.63) is 47.5 Å². The summed E-state index contributed by atoms with van der Waals surface area (Å²) in [6.45, 7) is 1.73. The molecule has 2 aromatic carbocycles. The highest BCUT2D eigenvalue weighted by Gasteiger charge is 2.19. The summed E-state index contributed by atoms with van der Waals surface area (Å²) < 4.78 is 25.0. The topological polar surface area (TPSA) is 68.3 Å². The summed E-state index contributed by atoms with van der Waals surface area (Å²) in [5, 5.41) is 7.24. The van der Waals surface area contributed by atoms with Crippen LogP contribution in [0.5, 0.6) is 11.5 Å². The van der Waals surface area contributed by atoms with Crippen molar-refractivity contribution < 1.29 is 13.9 Å². The van der Waals surface area contributed by atoms with E-state index in [1.165, 1.54) is 18.5 Å². The molecular weight excluding hydrogens is 371 g/mol. The molecule has 0 unspecified atom stereocenters. The lowest BCUT2D eigenvalue weighted by molar-refractivity contribution is 0.213. The highest BCUT2D eigenvalue weighted by atomic mass is 35.5. The Morgan fingerprint density at radius 2 is 2.11 bits per heavy atom. The molecule has 1 aliphatic heterocycles. The maximum atomic E-state index is 13.4. The maximum absolute atomic E-state index is 13.4. The first-order chi connectivity index (χ1) is 13.1. The zero-order valence-electron chi connectivity index (χ0n) is 14.6. The second-order valence-electron chi connectivity index (χ2n) is 6.23. The molecule has 4 rings (SSSR count). The Morgan fingerprint density at radius 1 is 1.22 bits per heavy atom. The summed E-state index contributed by atoms with van der Waals surface area (Å²) in [5.74, 6) is 1.35. The van der Waals surface area contributed by atoms with E-state index in [1.807, 2.05) is 12.1 Å². The number of rotatable bonds is 5. The molecule has 0 saturated carbocycles. The van der Waals surface area contributed by atoms with Crippen LogP contribution in [-0.4, -0.2) is 36.3 Å². The van der Waals surface area contributed by atoms with Crippen LogP contribution in [0.2, 0.25) is 5.02 Å². The molecule has 8 heteroatoms. The van der Waals surface area contributed by atoms with E-state index in [-0.39, 0.29) is 11.1 Å². The second-order valence-corrected chi connectivity index (χ2v) is 6.64. The first kappa shape index (κ1) is 17.8. The van der Waals surface area contributed by atoms with Crippen LogP contribution in [0.1, 0.15) is 6.42 Å². The van der Waals surface area contributed by atoms with Gasteiger partial charge in [0, 0.05) is 23.7 Å². The second kappa shape index (κ2) is 7.54. The van der Waals surface area contributed by atoms with Gasteiger partial charge in [0.05, 0.1) is 17.6 Å². The van der Waals surface area contributed by atoms with Crippen molar-refractivity contribution in [2.24, 2.45) is 0 Å². The van der Waals surface area contributed by atoms with Gasteiger partial charge in [-0.2, -0.15) is 0 Å². The number of hydrogen-bond acceptors (Lipinski definition) is 6. The summed E-state index contributed by atoms with van der Waals surface area (Å²) in [7, 11) is 1.60. The summed E-state index contributed by atoms with van der Waals surface area (Å²) >= 11 is 5.87. The Hall–Kier alpha value is -2.64. The van der Waals surface area contributed by atoms with E-state index in [0.29, 0.717) is 28.5 Å². The molecule has 0 aliphatic carbocycles. The molecule has 2 heterocycles. The van der Waals surface area contributed by atoms with Gasteiger partial charge in [-0.15, -0.1) is 0 Å². The van der Waals surface area contributed by atoms with Crippen LogP contribution in [0.3, 0.4) is 0 Å². The van der Waals surface area contributed by atoms with Crippen LogP contribution in [0.4, 0.5) is 15.9 Å². The average Bonchev–Trinajstić information content (AvgIpc) is 3.18. The minimum Gasteiger partial charge on any atom is -0.493 e. The molecule has 6 nitrogen and oxygen atoms in total. The van der Waals surface area contributed by atoms with E-state index < -0.39 is 5.82 Å². The summed E-state index contributed by atoms with van der Waals surface area (Å²) in [4.78, 5) is 8.63. The lowest BCUT2D eigenvalue weighted by Gasteiger charge is -2.17. The number of nitrogens with zero attached hydrogens (tertiary/aromatic N) is 2. The maximum Gasteiger partial charge on any atom is 0.162 e. The highest BCUT2D eigenvalue weighted by Crippen LogP contribution is 2.36. The molecule has 0 radical (unpaired) electrons. The van der Waals surface area contributed by atoms with Gasteiger partial charge < -0.3 is 20.1 Å². The largest absolute Gasteiger partial charge is 0.493 e. The van der Waals surface area contributed by atoms with Crippen LogP contribution in [-0.2, 0) is 0 Å². The van der Waals surface area contributed by atoms with Crippen molar-refractivity contribution in [1.82, 2.24) is 15.3 Å². The van der Waals surface area contributed by atoms with Crippen molar-refractivity contribution in [1.29, 1.82) is 0 Å². The first-order valence-electron chi connectivity index (χ1n) is 8.56. The fourth-order valence-corrected chi connectivity index (χ4v) is 3.21. The Labute approximate surface area is 160 Å². The molecule has 0 amide bonds. The van der Waals surface area contributed by atoms with Crippen molar-refractivity contribution in [3.8, 4) is 11.5 Å². The van der Waals surface area contributed by atoms with Gasteiger partial charge >= 0.3 is 0 Å². The number of benzene rings is 2. The normalized spacial score (nSPS) is 16.5. The number of ether oxygens (including phenoxy) is 2. The number of halogens is 2. The van der Waals surface area contributed by atoms with Crippen molar-refractivity contribution in [3.63, 3.8) is 0 Å². The van der Waals surface area contributed by atoms with Gasteiger partial charge in [0.25, 0.3) is 0 Å². The number of anilines is 2. The highest BCUT2D eigenvalue weighted by molar-refractivity contribution is 6.31. The SMILES string of the molecule is COc1cc2ncnc(Nc3ccc(F)c(Cl)c3)c2cc1O[C@H]1CCNC1. The molecule has 3 aromatic rings. The number of nitrogens with one attached hydrogen (secondary N) is 2. The molecule has 1 aromatic heterocycles. The van der Waals surface area contributed by atoms with Gasteiger partial charge in [-0.25, -0.2) is 14.4 Å². The van der Waals surface area contributed by atoms with Crippen LogP contribution < -0.4 is 20.1 Å². The molecule has 140 valence electrons. The number of fused-ring (bicyclic) bond motifs is 1. The minimum absolute atomic E-state index is 0.0396. The quantitative estimate of drug-likeness (QED) is 0.690. The summed E-state index contributed by atoms with van der Waals surface area (Å²) in [5.41, 5.74) is 1.33. The molecule has 1 aliphatic rings. The van der Waals surface area contributed by atoms with Gasteiger partial charge in [-0.05, 0) is 37.2 Å². The standard InChI is InChI=1S/C19H18ClFN4O2/c1-26-17-8-16-13(7-18(17)27-12-4-5-22-9-12)19(24-10-23-16)25-11-2-3-15(21)14(20)6-11/h2-3,6-8,10,12,22H,4-5,9H2,1H3,(H,23,24,25)/t12-/m0/s1. The smallest absolute Gasteiger partial charge is 0.162 e. The number of aromatic nitrogens is 2. The lowest BCUT2D eigenvalue weighted by Crippen LogP contribution is -2.19. The summed E-state index contributed by atoms with van der Waals surface area (Å²) in [6.07, 6.45) is 2.48. The molecule has 1 saturated heterocycles. The van der Waals surface area contributed by atoms with Crippen LogP contribution in [0.15, 0.2) is 36.7 Å². The van der Waals surface area contributed by atoms with E-state index in [1.54, 1.807) is 13.2 Å². The third-order valence-corrected chi connectivity index (χ3v) is 4.70. The molecule has 2 N–H and O–H groups in total. The molecule has 1 fully saturated rings. The third-order valence-electron chi connectivity index (χ3n) is 4.41. The van der Waals surface area contributed by atoms with E-state index in [9.17, 15) is 4.39 Å². The predicted molar refractivity (Wildman–Crippen MR) is 103 cm³/mol. The molecule has 1 atom stereocenters. The minimum atomic E-state index is -0.472.